The number of aromatic amines is 1. The molecule has 2 aromatic heterocycles. The summed E-state index contributed by atoms with van der Waals surface area (Å²) in [5.74, 6) is 1.63. The van der Waals surface area contributed by atoms with Crippen LogP contribution in [0.1, 0.15) is 35.5 Å². The zero-order chi connectivity index (χ0) is 25.4. The maximum Gasteiger partial charge on any atom is 0.250 e. The lowest BCUT2D eigenvalue weighted by molar-refractivity contribution is 0.122. The average Bonchev–Trinajstić information content (AvgIpc) is 2.91. The monoisotopic (exact) mass is 494 g/mol. The van der Waals surface area contributed by atoms with E-state index in [-0.39, 0.29) is 11.6 Å². The van der Waals surface area contributed by atoms with Crippen molar-refractivity contribution in [3.05, 3.63) is 99.6 Å². The van der Waals surface area contributed by atoms with Crippen LogP contribution in [-0.2, 0) is 11.2 Å². The number of H-pyrrole nitrogens is 1. The Kier molecular flexibility index (Phi) is 6.14. The van der Waals surface area contributed by atoms with Crippen LogP contribution < -0.4 is 20.5 Å². The van der Waals surface area contributed by atoms with Crippen molar-refractivity contribution in [1.82, 2.24) is 9.97 Å². The van der Waals surface area contributed by atoms with E-state index in [0.29, 0.717) is 13.2 Å². The number of hydrogen-bond donors (Lipinski definition) is 2. The summed E-state index contributed by atoms with van der Waals surface area (Å²) >= 11 is 0. The van der Waals surface area contributed by atoms with Crippen LogP contribution in [0.3, 0.4) is 0 Å². The molecule has 0 saturated carbocycles. The van der Waals surface area contributed by atoms with Gasteiger partial charge in [-0.15, -0.1) is 0 Å². The quantitative estimate of drug-likeness (QED) is 0.338. The first-order valence-electron chi connectivity index (χ1n) is 12.7. The molecule has 7 heteroatoms. The van der Waals surface area contributed by atoms with Crippen LogP contribution in [0.5, 0.6) is 11.5 Å². The van der Waals surface area contributed by atoms with Crippen LogP contribution in [-0.4, -0.2) is 36.3 Å². The van der Waals surface area contributed by atoms with Crippen molar-refractivity contribution in [2.75, 3.05) is 36.5 Å². The molecule has 188 valence electrons. The smallest absolute Gasteiger partial charge is 0.250 e. The third kappa shape index (κ3) is 4.82. The molecule has 2 aliphatic heterocycles. The average molecular weight is 495 g/mol. The SMILES string of the molecule is Cc1cccc(C(C)Nc2ccc3c(c2)Cc2cccc(-c4cc(N5CCOCC5)cc(=O)[nH]4)c2O3)n1. The molecule has 6 rings (SSSR count). The fourth-order valence-corrected chi connectivity index (χ4v) is 5.09. The number of aromatic nitrogens is 2. The number of hydrogen-bond acceptors (Lipinski definition) is 6. The van der Waals surface area contributed by atoms with Crippen molar-refractivity contribution < 1.29 is 9.47 Å². The third-order valence-electron chi connectivity index (χ3n) is 6.98. The molecular formula is C30H30N4O3. The Balaban J connectivity index is 1.27. The number of benzene rings is 2. The summed E-state index contributed by atoms with van der Waals surface area (Å²) in [6.07, 6.45) is 0.749. The van der Waals surface area contributed by atoms with Gasteiger partial charge >= 0.3 is 0 Å². The van der Waals surface area contributed by atoms with E-state index in [1.165, 1.54) is 0 Å². The van der Waals surface area contributed by atoms with Gasteiger partial charge in [-0.25, -0.2) is 0 Å². The highest BCUT2D eigenvalue weighted by Gasteiger charge is 2.22. The van der Waals surface area contributed by atoms with E-state index in [0.717, 1.165) is 76.2 Å². The number of ether oxygens (including phenoxy) is 2. The molecule has 0 aliphatic carbocycles. The van der Waals surface area contributed by atoms with Gasteiger partial charge in [0.15, 0.2) is 0 Å². The molecule has 2 N–H and O–H groups in total. The minimum Gasteiger partial charge on any atom is -0.456 e. The molecule has 0 spiro atoms. The van der Waals surface area contributed by atoms with E-state index in [2.05, 4.69) is 39.2 Å². The number of fused-ring (bicyclic) bond motifs is 2. The summed E-state index contributed by atoms with van der Waals surface area (Å²) in [5, 5.41) is 3.57. The molecule has 0 bridgehead atoms. The van der Waals surface area contributed by atoms with Crippen molar-refractivity contribution in [2.45, 2.75) is 26.3 Å². The minimum absolute atomic E-state index is 0.0805. The molecular weight excluding hydrogens is 464 g/mol. The van der Waals surface area contributed by atoms with Crippen LogP contribution in [0.4, 0.5) is 11.4 Å². The van der Waals surface area contributed by atoms with Gasteiger partial charge in [-0.1, -0.05) is 18.2 Å². The molecule has 37 heavy (non-hydrogen) atoms. The zero-order valence-corrected chi connectivity index (χ0v) is 21.1. The van der Waals surface area contributed by atoms with Gasteiger partial charge in [0.25, 0.3) is 0 Å². The van der Waals surface area contributed by atoms with Crippen LogP contribution in [0.2, 0.25) is 0 Å². The Labute approximate surface area is 216 Å². The predicted octanol–water partition coefficient (Wildman–Crippen LogP) is 5.45. The lowest BCUT2D eigenvalue weighted by atomic mass is 9.96. The molecule has 4 aromatic rings. The van der Waals surface area contributed by atoms with E-state index in [1.54, 1.807) is 6.07 Å². The van der Waals surface area contributed by atoms with Gasteiger partial charge < -0.3 is 24.7 Å². The number of pyridine rings is 2. The number of rotatable bonds is 5. The highest BCUT2D eigenvalue weighted by Crippen LogP contribution is 2.43. The number of nitrogens with zero attached hydrogens (tertiary/aromatic N) is 2. The summed E-state index contributed by atoms with van der Waals surface area (Å²) in [4.78, 5) is 22.4. The fourth-order valence-electron chi connectivity index (χ4n) is 5.09. The number of morpholine rings is 1. The molecule has 2 aromatic carbocycles. The first-order chi connectivity index (χ1) is 18.0. The second kappa shape index (κ2) is 9.75. The van der Waals surface area contributed by atoms with Crippen LogP contribution in [0.25, 0.3) is 11.3 Å². The number of nitrogens with one attached hydrogen (secondary N) is 2. The predicted molar refractivity (Wildman–Crippen MR) is 146 cm³/mol. The van der Waals surface area contributed by atoms with Crippen molar-refractivity contribution in [3.63, 3.8) is 0 Å². The number of para-hydroxylation sites is 1. The molecule has 0 radical (unpaired) electrons. The second-order valence-electron chi connectivity index (χ2n) is 9.68. The first-order valence-corrected chi connectivity index (χ1v) is 12.7. The molecule has 1 saturated heterocycles. The maximum atomic E-state index is 12.6. The summed E-state index contributed by atoms with van der Waals surface area (Å²) in [7, 11) is 0. The van der Waals surface area contributed by atoms with E-state index in [1.807, 2.05) is 55.5 Å². The van der Waals surface area contributed by atoms with Crippen LogP contribution in [0.15, 0.2) is 71.5 Å². The fraction of sp³-hybridized carbons (Fsp3) is 0.267. The van der Waals surface area contributed by atoms with Crippen molar-refractivity contribution in [1.29, 1.82) is 0 Å². The Morgan fingerprint density at radius 1 is 1.00 bits per heavy atom. The molecule has 1 atom stereocenters. The number of anilines is 2. The first kappa shape index (κ1) is 23.3. The lowest BCUT2D eigenvalue weighted by Crippen LogP contribution is -2.36. The van der Waals surface area contributed by atoms with E-state index >= 15 is 0 Å². The van der Waals surface area contributed by atoms with E-state index < -0.39 is 0 Å². The molecule has 1 unspecified atom stereocenters. The Morgan fingerprint density at radius 2 is 1.84 bits per heavy atom. The highest BCUT2D eigenvalue weighted by molar-refractivity contribution is 5.74. The van der Waals surface area contributed by atoms with Gasteiger partial charge in [0.05, 0.1) is 30.6 Å². The second-order valence-corrected chi connectivity index (χ2v) is 9.68. The maximum absolute atomic E-state index is 12.6. The van der Waals surface area contributed by atoms with Gasteiger partial charge in [0, 0.05) is 53.8 Å². The Hall–Kier alpha value is -4.10. The summed E-state index contributed by atoms with van der Waals surface area (Å²) in [6.45, 7) is 7.00. The molecule has 4 heterocycles. The molecule has 2 aliphatic rings. The highest BCUT2D eigenvalue weighted by atomic mass is 16.5. The Bertz CT molecular complexity index is 1510. The van der Waals surface area contributed by atoms with Gasteiger partial charge in [0.2, 0.25) is 5.56 Å². The van der Waals surface area contributed by atoms with Crippen molar-refractivity contribution >= 4 is 11.4 Å². The van der Waals surface area contributed by atoms with Crippen LogP contribution >= 0.6 is 0 Å². The largest absolute Gasteiger partial charge is 0.456 e. The van der Waals surface area contributed by atoms with Gasteiger partial charge in [-0.2, -0.15) is 0 Å². The minimum atomic E-state index is -0.124. The topological polar surface area (TPSA) is 79.5 Å². The zero-order valence-electron chi connectivity index (χ0n) is 21.1. The van der Waals surface area contributed by atoms with E-state index in [9.17, 15) is 4.79 Å². The van der Waals surface area contributed by atoms with Crippen molar-refractivity contribution in [2.24, 2.45) is 0 Å². The normalized spacial score (nSPS) is 15.4. The standard InChI is InChI=1S/C30H30N4O3/c1-19-5-3-8-26(31-19)20(2)32-23-9-10-28-22(16-23)15-21-6-4-7-25(30(21)37-28)27-17-24(18-29(35)33-27)34-11-13-36-14-12-34/h3-10,16-18,20,32H,11-15H2,1-2H3,(H,33,35). The summed E-state index contributed by atoms with van der Waals surface area (Å²) < 4.78 is 11.9. The molecule has 7 nitrogen and oxygen atoms in total. The third-order valence-corrected chi connectivity index (χ3v) is 6.98. The number of aryl methyl sites for hydroxylation is 1. The van der Waals surface area contributed by atoms with Gasteiger partial charge in [-0.3, -0.25) is 9.78 Å². The van der Waals surface area contributed by atoms with Crippen molar-refractivity contribution in [3.8, 4) is 22.8 Å². The molecule has 0 amide bonds. The lowest BCUT2D eigenvalue weighted by Gasteiger charge is -2.29. The molecule has 1 fully saturated rings. The van der Waals surface area contributed by atoms with E-state index in [4.69, 9.17) is 9.47 Å². The van der Waals surface area contributed by atoms with Crippen LogP contribution in [0, 0.1) is 6.92 Å². The summed E-state index contributed by atoms with van der Waals surface area (Å²) in [5.41, 5.74) is 7.68. The van der Waals surface area contributed by atoms with Gasteiger partial charge in [-0.05, 0) is 61.9 Å². The van der Waals surface area contributed by atoms with Gasteiger partial charge in [0.1, 0.15) is 11.5 Å². The summed E-state index contributed by atoms with van der Waals surface area (Å²) in [6, 6.07) is 22.2. The Morgan fingerprint density at radius 3 is 2.68 bits per heavy atom.